The lowest BCUT2D eigenvalue weighted by molar-refractivity contribution is -0.137. The summed E-state index contributed by atoms with van der Waals surface area (Å²) in [4.78, 5) is 11.7. The molecule has 0 radical (unpaired) electrons. The summed E-state index contributed by atoms with van der Waals surface area (Å²) in [6.07, 6.45) is -2.81. The molecule has 0 fully saturated rings. The van der Waals surface area contributed by atoms with Gasteiger partial charge in [-0.2, -0.15) is 13.2 Å². The second-order valence-electron chi connectivity index (χ2n) is 8.89. The molecule has 4 rings (SSSR count). The fourth-order valence-electron chi connectivity index (χ4n) is 4.36. The highest BCUT2D eigenvalue weighted by Gasteiger charge is 2.37. The number of hydrogen-bond donors (Lipinski definition) is 0. The molecule has 1 heterocycles. The Balaban J connectivity index is 1.83. The van der Waals surface area contributed by atoms with Crippen LogP contribution in [-0.2, 0) is 27.4 Å². The van der Waals surface area contributed by atoms with Gasteiger partial charge < -0.3 is 0 Å². The maximum atomic E-state index is 14.4. The largest absolute Gasteiger partial charge is 0.416 e. The Morgan fingerprint density at radius 1 is 1.05 bits per heavy atom. The van der Waals surface area contributed by atoms with E-state index in [4.69, 9.17) is 11.6 Å². The number of fused-ring (bicyclic) bond motifs is 1. The zero-order valence-corrected chi connectivity index (χ0v) is 21.4. The predicted molar refractivity (Wildman–Crippen MR) is 135 cm³/mol. The third-order valence-corrected chi connectivity index (χ3v) is 8.39. The molecule has 0 aliphatic carbocycles. The summed E-state index contributed by atoms with van der Waals surface area (Å²) in [6.45, 7) is 2.79. The molecule has 0 bridgehead atoms. The number of nitrogens with zero attached hydrogens (tertiary/aromatic N) is 1. The second-order valence-corrected chi connectivity index (χ2v) is 11.2. The first kappa shape index (κ1) is 26.9. The van der Waals surface area contributed by atoms with Crippen LogP contribution in [-0.4, -0.2) is 20.7 Å². The molecule has 0 N–H and O–H groups in total. The number of carbonyl (C=O) groups excluding carboxylic acids is 1. The third kappa shape index (κ3) is 5.43. The summed E-state index contributed by atoms with van der Waals surface area (Å²) < 4.78 is 82.4. The summed E-state index contributed by atoms with van der Waals surface area (Å²) >= 11 is 6.17. The fourth-order valence-corrected chi connectivity index (χ4v) is 6.26. The van der Waals surface area contributed by atoms with E-state index in [0.717, 1.165) is 22.5 Å². The van der Waals surface area contributed by atoms with Gasteiger partial charge in [0.25, 0.3) is 10.0 Å². The summed E-state index contributed by atoms with van der Waals surface area (Å²) in [7, 11) is -4.46. The number of ketones is 1. The van der Waals surface area contributed by atoms with Crippen LogP contribution < -0.4 is 4.31 Å². The van der Waals surface area contributed by atoms with Gasteiger partial charge in [-0.3, -0.25) is 9.10 Å². The van der Waals surface area contributed by atoms with Crippen molar-refractivity contribution in [2.75, 3.05) is 10.8 Å². The molecule has 37 heavy (non-hydrogen) atoms. The zero-order valence-electron chi connectivity index (χ0n) is 19.8. The molecule has 0 amide bonds. The van der Waals surface area contributed by atoms with E-state index in [1.54, 1.807) is 37.3 Å². The van der Waals surface area contributed by atoms with Crippen LogP contribution in [0.1, 0.15) is 36.1 Å². The first-order valence-corrected chi connectivity index (χ1v) is 13.1. The number of anilines is 1. The molecule has 0 saturated heterocycles. The van der Waals surface area contributed by atoms with E-state index in [2.05, 4.69) is 0 Å². The van der Waals surface area contributed by atoms with Crippen molar-refractivity contribution in [1.82, 2.24) is 0 Å². The molecule has 1 atom stereocenters. The fraction of sp³-hybridized carbons (Fsp3) is 0.222. The number of carbonyl (C=O) groups is 1. The number of hydrogen-bond acceptors (Lipinski definition) is 3. The number of benzene rings is 3. The van der Waals surface area contributed by atoms with Gasteiger partial charge in [0, 0.05) is 18.0 Å². The maximum Gasteiger partial charge on any atom is 0.416 e. The van der Waals surface area contributed by atoms with Gasteiger partial charge in [0.1, 0.15) is 11.6 Å². The van der Waals surface area contributed by atoms with Gasteiger partial charge in [-0.15, -0.1) is 0 Å². The standard InChI is InChI=1S/C27H22ClF4NO3S/c1-16(26-23(28)7-4-8-24(26)29)11-18-9-10-19-13-20(17(2)34)15-33(25(19)12-18)37(35,36)22-6-3-5-21(14-22)27(30,31)32/h3-12,14,20H,13,15H2,1-2H3. The van der Waals surface area contributed by atoms with Crippen LogP contribution in [0.25, 0.3) is 11.6 Å². The van der Waals surface area contributed by atoms with Crippen molar-refractivity contribution in [1.29, 1.82) is 0 Å². The number of rotatable bonds is 5. The number of halogens is 5. The van der Waals surface area contributed by atoms with Crippen LogP contribution in [0.15, 0.2) is 65.6 Å². The molecular formula is C27H22ClF4NO3S. The van der Waals surface area contributed by atoms with Gasteiger partial charge in [-0.1, -0.05) is 41.9 Å². The highest BCUT2D eigenvalue weighted by molar-refractivity contribution is 7.92. The SMILES string of the molecule is CC(=O)C1Cc2ccc(C=C(C)c3c(F)cccc3Cl)cc2N(S(=O)(=O)c2cccc(C(F)(F)F)c2)C1. The molecule has 1 unspecified atom stereocenters. The van der Waals surface area contributed by atoms with Crippen molar-refractivity contribution in [2.45, 2.75) is 31.3 Å². The first-order chi connectivity index (χ1) is 17.3. The quantitative estimate of drug-likeness (QED) is 0.253. The van der Waals surface area contributed by atoms with Crippen LogP contribution in [0.2, 0.25) is 5.02 Å². The van der Waals surface area contributed by atoms with Gasteiger partial charge in [0.05, 0.1) is 21.2 Å². The molecule has 1 aliphatic rings. The molecule has 4 nitrogen and oxygen atoms in total. The summed E-state index contributed by atoms with van der Waals surface area (Å²) in [5.74, 6) is -1.41. The first-order valence-electron chi connectivity index (χ1n) is 11.2. The van der Waals surface area contributed by atoms with Crippen LogP contribution in [0, 0.1) is 11.7 Å². The Morgan fingerprint density at radius 2 is 1.76 bits per heavy atom. The summed E-state index contributed by atoms with van der Waals surface area (Å²) in [6, 6.07) is 12.7. The zero-order chi connectivity index (χ0) is 27.1. The van der Waals surface area contributed by atoms with E-state index < -0.39 is 38.4 Å². The Morgan fingerprint density at radius 3 is 2.41 bits per heavy atom. The van der Waals surface area contributed by atoms with E-state index in [9.17, 15) is 30.8 Å². The minimum absolute atomic E-state index is 0.201. The minimum atomic E-state index is -4.73. The van der Waals surface area contributed by atoms with E-state index in [1.165, 1.54) is 19.1 Å². The maximum absolute atomic E-state index is 14.4. The van der Waals surface area contributed by atoms with Crippen LogP contribution >= 0.6 is 11.6 Å². The topological polar surface area (TPSA) is 54.5 Å². The second kappa shape index (κ2) is 9.95. The minimum Gasteiger partial charge on any atom is -0.300 e. The number of alkyl halides is 3. The van der Waals surface area contributed by atoms with Crippen LogP contribution in [0.5, 0.6) is 0 Å². The highest BCUT2D eigenvalue weighted by Crippen LogP contribution is 2.38. The molecule has 0 saturated carbocycles. The van der Waals surface area contributed by atoms with Crippen molar-refractivity contribution < 1.29 is 30.8 Å². The molecule has 0 spiro atoms. The van der Waals surface area contributed by atoms with Gasteiger partial charge in [0.2, 0.25) is 0 Å². The Kier molecular flexibility index (Phi) is 7.23. The lowest BCUT2D eigenvalue weighted by atomic mass is 9.90. The lowest BCUT2D eigenvalue weighted by Gasteiger charge is -2.34. The Bertz CT molecular complexity index is 1500. The predicted octanol–water partition coefficient (Wildman–Crippen LogP) is 7.02. The molecular weight excluding hydrogens is 530 g/mol. The Hall–Kier alpha value is -3.17. The number of Topliss-reactive ketones (excluding diaryl/α,β-unsaturated/α-hetero) is 1. The van der Waals surface area contributed by atoms with Crippen molar-refractivity contribution in [3.63, 3.8) is 0 Å². The van der Waals surface area contributed by atoms with Gasteiger partial charge in [0.15, 0.2) is 0 Å². The monoisotopic (exact) mass is 551 g/mol. The molecule has 3 aromatic rings. The summed E-state index contributed by atoms with van der Waals surface area (Å²) in [5.41, 5.74) is 0.931. The Labute approximate surface area is 217 Å². The van der Waals surface area contributed by atoms with Gasteiger partial charge in [-0.25, -0.2) is 12.8 Å². The van der Waals surface area contributed by atoms with Crippen LogP contribution in [0.4, 0.5) is 23.2 Å². The third-order valence-electron chi connectivity index (χ3n) is 6.30. The average molecular weight is 552 g/mol. The molecule has 10 heteroatoms. The van der Waals surface area contributed by atoms with E-state index in [-0.39, 0.29) is 35.0 Å². The van der Waals surface area contributed by atoms with Crippen molar-refractivity contribution in [3.8, 4) is 0 Å². The summed E-state index contributed by atoms with van der Waals surface area (Å²) in [5, 5.41) is 0.213. The average Bonchev–Trinajstić information content (AvgIpc) is 2.82. The van der Waals surface area contributed by atoms with E-state index >= 15 is 0 Å². The smallest absolute Gasteiger partial charge is 0.300 e. The number of sulfonamides is 1. The van der Waals surface area contributed by atoms with Crippen molar-refractivity contribution >= 4 is 44.7 Å². The van der Waals surface area contributed by atoms with Gasteiger partial charge in [-0.05, 0) is 73.4 Å². The molecule has 0 aromatic heterocycles. The molecule has 1 aliphatic heterocycles. The highest BCUT2D eigenvalue weighted by atomic mass is 35.5. The van der Waals surface area contributed by atoms with E-state index in [1.807, 2.05) is 0 Å². The lowest BCUT2D eigenvalue weighted by Crippen LogP contribution is -2.42. The molecule has 3 aromatic carbocycles. The normalized spacial score (nSPS) is 16.5. The van der Waals surface area contributed by atoms with Crippen molar-refractivity contribution in [2.24, 2.45) is 5.92 Å². The number of allylic oxidation sites excluding steroid dienone is 1. The molecule has 194 valence electrons. The van der Waals surface area contributed by atoms with Gasteiger partial charge >= 0.3 is 6.18 Å². The van der Waals surface area contributed by atoms with Crippen molar-refractivity contribution in [3.05, 3.63) is 93.8 Å². The van der Waals surface area contributed by atoms with E-state index in [0.29, 0.717) is 22.8 Å². The van der Waals surface area contributed by atoms with Crippen LogP contribution in [0.3, 0.4) is 0 Å².